The van der Waals surface area contributed by atoms with E-state index in [2.05, 4.69) is 9.97 Å². The van der Waals surface area contributed by atoms with Gasteiger partial charge in [0.25, 0.3) is 0 Å². The number of aromatic nitrogens is 3. The Hall–Kier alpha value is -1.63. The van der Waals surface area contributed by atoms with Crippen LogP contribution in [0.4, 0.5) is 5.95 Å². The van der Waals surface area contributed by atoms with Gasteiger partial charge in [-0.3, -0.25) is 4.57 Å². The molecule has 0 aliphatic rings. The van der Waals surface area contributed by atoms with Gasteiger partial charge in [-0.25, -0.2) is 18.4 Å². The molecule has 2 aromatic heterocycles. The van der Waals surface area contributed by atoms with Crippen LogP contribution in [0, 0.1) is 0 Å². The molecule has 0 radical (unpaired) electrons. The smallest absolute Gasteiger partial charge is 0.202 e. The van der Waals surface area contributed by atoms with E-state index in [4.69, 9.17) is 5.73 Å². The molecule has 2 N–H and O–H groups in total. The summed E-state index contributed by atoms with van der Waals surface area (Å²) in [5, 5.41) is 0. The van der Waals surface area contributed by atoms with E-state index in [1.807, 2.05) is 0 Å². The minimum absolute atomic E-state index is 0.227. The zero-order valence-electron chi connectivity index (χ0n) is 10.6. The Morgan fingerprint density at radius 3 is 2.72 bits per heavy atom. The van der Waals surface area contributed by atoms with Crippen LogP contribution in [0.25, 0.3) is 11.2 Å². The molecule has 2 heterocycles. The van der Waals surface area contributed by atoms with Gasteiger partial charge in [0.15, 0.2) is 15.5 Å². The standard InChI is InChI=1S/C11H16N4O2S/c1-11(2,18(3,16)17)7-15-9-8(14-10(15)12)5-4-6-13-9/h4-6H,7H2,1-3H3,(H2,12,14). The van der Waals surface area contributed by atoms with Crippen LogP contribution in [0.3, 0.4) is 0 Å². The first kappa shape index (κ1) is 12.8. The third kappa shape index (κ3) is 2.05. The first-order chi connectivity index (χ1) is 8.22. The highest BCUT2D eigenvalue weighted by Gasteiger charge is 2.32. The lowest BCUT2D eigenvalue weighted by molar-refractivity contribution is 0.510. The van der Waals surface area contributed by atoms with Gasteiger partial charge in [-0.15, -0.1) is 0 Å². The van der Waals surface area contributed by atoms with Gasteiger partial charge in [0.05, 0.1) is 4.75 Å². The van der Waals surface area contributed by atoms with Crippen molar-refractivity contribution in [3.63, 3.8) is 0 Å². The lowest BCUT2D eigenvalue weighted by Crippen LogP contribution is -2.36. The summed E-state index contributed by atoms with van der Waals surface area (Å²) >= 11 is 0. The molecule has 0 aliphatic carbocycles. The van der Waals surface area contributed by atoms with Gasteiger partial charge < -0.3 is 5.73 Å². The Kier molecular flexibility index (Phi) is 2.81. The first-order valence-corrected chi connectivity index (χ1v) is 7.38. The number of rotatable bonds is 3. The van der Waals surface area contributed by atoms with E-state index in [0.29, 0.717) is 11.2 Å². The minimum Gasteiger partial charge on any atom is -0.369 e. The molecule has 0 aliphatic heterocycles. The second-order valence-electron chi connectivity index (χ2n) is 4.93. The largest absolute Gasteiger partial charge is 0.369 e. The second kappa shape index (κ2) is 3.94. The van der Waals surface area contributed by atoms with Crippen molar-refractivity contribution in [1.82, 2.24) is 14.5 Å². The van der Waals surface area contributed by atoms with Crippen molar-refractivity contribution in [2.45, 2.75) is 25.1 Å². The van der Waals surface area contributed by atoms with Gasteiger partial charge in [0.2, 0.25) is 5.95 Å². The Morgan fingerprint density at radius 2 is 2.11 bits per heavy atom. The molecule has 0 saturated carbocycles. The molecule has 0 saturated heterocycles. The number of fused-ring (bicyclic) bond motifs is 1. The van der Waals surface area contributed by atoms with E-state index >= 15 is 0 Å². The van der Waals surface area contributed by atoms with E-state index in [1.165, 1.54) is 6.26 Å². The number of hydrogen-bond acceptors (Lipinski definition) is 5. The molecule has 0 spiro atoms. The van der Waals surface area contributed by atoms with Crippen LogP contribution in [0.1, 0.15) is 13.8 Å². The molecule has 0 unspecified atom stereocenters. The third-order valence-corrected chi connectivity index (χ3v) is 5.21. The fourth-order valence-corrected chi connectivity index (χ4v) is 1.99. The molecule has 6 nitrogen and oxygen atoms in total. The number of nitrogens with two attached hydrogens (primary N) is 1. The normalized spacial score (nSPS) is 13.1. The molecule has 98 valence electrons. The summed E-state index contributed by atoms with van der Waals surface area (Å²) in [5.41, 5.74) is 7.09. The molecular weight excluding hydrogens is 252 g/mol. The fraction of sp³-hybridized carbons (Fsp3) is 0.455. The third-order valence-electron chi connectivity index (χ3n) is 3.08. The monoisotopic (exact) mass is 268 g/mol. The SMILES string of the molecule is CC(C)(Cn1c(N)nc2cccnc21)S(C)(=O)=O. The number of hydrogen-bond donors (Lipinski definition) is 1. The van der Waals surface area contributed by atoms with Gasteiger partial charge in [-0.05, 0) is 26.0 Å². The lowest BCUT2D eigenvalue weighted by atomic mass is 10.2. The van der Waals surface area contributed by atoms with Gasteiger partial charge in [0.1, 0.15) is 5.52 Å². The van der Waals surface area contributed by atoms with Crippen LogP contribution < -0.4 is 5.73 Å². The summed E-state index contributed by atoms with van der Waals surface area (Å²) in [6, 6.07) is 3.56. The zero-order valence-corrected chi connectivity index (χ0v) is 11.4. The summed E-state index contributed by atoms with van der Waals surface area (Å²) in [5.74, 6) is 0.278. The van der Waals surface area contributed by atoms with Crippen molar-refractivity contribution >= 4 is 26.9 Å². The summed E-state index contributed by atoms with van der Waals surface area (Å²) in [7, 11) is -3.20. The number of nitrogens with zero attached hydrogens (tertiary/aromatic N) is 3. The topological polar surface area (TPSA) is 90.9 Å². The van der Waals surface area contributed by atoms with Crippen molar-refractivity contribution in [2.75, 3.05) is 12.0 Å². The van der Waals surface area contributed by atoms with Gasteiger partial charge >= 0.3 is 0 Å². The van der Waals surface area contributed by atoms with E-state index < -0.39 is 14.6 Å². The van der Waals surface area contributed by atoms with Crippen molar-refractivity contribution in [3.8, 4) is 0 Å². The van der Waals surface area contributed by atoms with Gasteiger partial charge in [-0.1, -0.05) is 0 Å². The molecular formula is C11H16N4O2S. The molecule has 2 aromatic rings. The molecule has 0 atom stereocenters. The number of nitrogen functional groups attached to an aromatic ring is 1. The minimum atomic E-state index is -3.20. The molecule has 0 bridgehead atoms. The van der Waals surface area contributed by atoms with Crippen LogP contribution in [0.15, 0.2) is 18.3 Å². The Labute approximate surface area is 106 Å². The Bertz CT molecular complexity index is 688. The van der Waals surface area contributed by atoms with Crippen LogP contribution in [-0.4, -0.2) is 34.0 Å². The maximum Gasteiger partial charge on any atom is 0.202 e. The molecule has 2 rings (SSSR count). The Balaban J connectivity index is 2.53. The van der Waals surface area contributed by atoms with Crippen molar-refractivity contribution in [1.29, 1.82) is 0 Å². The highest BCUT2D eigenvalue weighted by molar-refractivity contribution is 7.92. The highest BCUT2D eigenvalue weighted by atomic mass is 32.2. The molecule has 0 aromatic carbocycles. The number of imidazole rings is 1. The zero-order chi connectivity index (χ0) is 13.6. The van der Waals surface area contributed by atoms with Gasteiger partial charge in [0, 0.05) is 19.0 Å². The predicted octanol–water partition coefficient (Wildman–Crippen LogP) is 0.837. The van der Waals surface area contributed by atoms with Crippen LogP contribution in [0.2, 0.25) is 0 Å². The number of pyridine rings is 1. The molecule has 0 amide bonds. The lowest BCUT2D eigenvalue weighted by Gasteiger charge is -2.23. The first-order valence-electron chi connectivity index (χ1n) is 5.49. The van der Waals surface area contributed by atoms with E-state index in [0.717, 1.165) is 0 Å². The van der Waals surface area contributed by atoms with E-state index in [1.54, 1.807) is 36.7 Å². The fourth-order valence-electron chi connectivity index (χ4n) is 1.63. The predicted molar refractivity (Wildman–Crippen MR) is 70.9 cm³/mol. The number of sulfone groups is 1. The molecule has 0 fully saturated rings. The quantitative estimate of drug-likeness (QED) is 0.890. The molecule has 7 heteroatoms. The summed E-state index contributed by atoms with van der Waals surface area (Å²) in [4.78, 5) is 8.36. The average molecular weight is 268 g/mol. The summed E-state index contributed by atoms with van der Waals surface area (Å²) < 4.78 is 24.2. The summed E-state index contributed by atoms with van der Waals surface area (Å²) in [6.45, 7) is 3.55. The second-order valence-corrected chi connectivity index (χ2v) is 7.58. The van der Waals surface area contributed by atoms with E-state index in [9.17, 15) is 8.42 Å². The maximum atomic E-state index is 11.7. The van der Waals surface area contributed by atoms with E-state index in [-0.39, 0.29) is 12.5 Å². The maximum absolute atomic E-state index is 11.7. The van der Waals surface area contributed by atoms with Crippen molar-refractivity contribution in [3.05, 3.63) is 18.3 Å². The van der Waals surface area contributed by atoms with Crippen molar-refractivity contribution in [2.24, 2.45) is 0 Å². The van der Waals surface area contributed by atoms with Crippen LogP contribution >= 0.6 is 0 Å². The van der Waals surface area contributed by atoms with Crippen LogP contribution in [0.5, 0.6) is 0 Å². The molecule has 18 heavy (non-hydrogen) atoms. The summed E-state index contributed by atoms with van der Waals surface area (Å²) in [6.07, 6.45) is 2.85. The van der Waals surface area contributed by atoms with Crippen LogP contribution in [-0.2, 0) is 16.4 Å². The highest BCUT2D eigenvalue weighted by Crippen LogP contribution is 2.23. The van der Waals surface area contributed by atoms with Crippen molar-refractivity contribution < 1.29 is 8.42 Å². The number of anilines is 1. The van der Waals surface area contributed by atoms with Gasteiger partial charge in [-0.2, -0.15) is 0 Å². The average Bonchev–Trinajstić information content (AvgIpc) is 2.54. The Morgan fingerprint density at radius 1 is 1.44 bits per heavy atom.